The lowest BCUT2D eigenvalue weighted by molar-refractivity contribution is 0.385. The minimum atomic E-state index is -3.97. The van der Waals surface area contributed by atoms with Gasteiger partial charge in [0, 0.05) is 27.9 Å². The maximum atomic E-state index is 16.0. The summed E-state index contributed by atoms with van der Waals surface area (Å²) in [7, 11) is -3.97. The van der Waals surface area contributed by atoms with Crippen LogP contribution in [0.3, 0.4) is 0 Å². The molecule has 0 bridgehead atoms. The summed E-state index contributed by atoms with van der Waals surface area (Å²) in [6.07, 6.45) is 23.1. The number of benzene rings is 5. The Balaban J connectivity index is 1.34. The molecule has 2 aliphatic rings. The molecule has 0 amide bonds. The van der Waals surface area contributed by atoms with Gasteiger partial charge in [-0.15, -0.1) is 0 Å². The van der Waals surface area contributed by atoms with Crippen molar-refractivity contribution in [1.82, 2.24) is 0 Å². The van der Waals surface area contributed by atoms with Crippen LogP contribution in [0.15, 0.2) is 84.9 Å². The lowest BCUT2D eigenvalue weighted by Gasteiger charge is -2.31. The van der Waals surface area contributed by atoms with Gasteiger partial charge in [-0.3, -0.25) is 4.67 Å². The molecular weight excluding hydrogens is 682 g/mol. The van der Waals surface area contributed by atoms with E-state index in [1.807, 2.05) is 10.7 Å². The second kappa shape index (κ2) is 18.3. The van der Waals surface area contributed by atoms with E-state index >= 15 is 4.57 Å². The van der Waals surface area contributed by atoms with Crippen LogP contribution >= 0.6 is 7.75 Å². The Bertz CT molecular complexity index is 1950. The maximum absolute atomic E-state index is 16.0. The van der Waals surface area contributed by atoms with Crippen molar-refractivity contribution in [1.29, 1.82) is 0 Å². The summed E-state index contributed by atoms with van der Waals surface area (Å²) in [6, 6.07) is 30.1. The molecule has 5 heteroatoms. The molecular formula is C49H62NO3P. The smallest absolute Gasteiger partial charge is 0.399 e. The van der Waals surface area contributed by atoms with Gasteiger partial charge in [-0.1, -0.05) is 183 Å². The quantitative estimate of drug-likeness (QED) is 0.0624. The molecule has 2 heterocycles. The highest BCUT2D eigenvalue weighted by molar-refractivity contribution is 7.56. The molecule has 2 aliphatic heterocycles. The molecule has 0 fully saturated rings. The van der Waals surface area contributed by atoms with E-state index in [0.717, 1.165) is 70.5 Å². The molecule has 0 saturated carbocycles. The lowest BCUT2D eigenvalue weighted by Crippen LogP contribution is -2.30. The zero-order chi connectivity index (χ0) is 37.3. The third kappa shape index (κ3) is 8.40. The molecule has 54 heavy (non-hydrogen) atoms. The predicted molar refractivity (Wildman–Crippen MR) is 230 cm³/mol. The summed E-state index contributed by atoms with van der Waals surface area (Å²) in [6.45, 7) is 6.71. The Kier molecular flexibility index (Phi) is 13.0. The fourth-order valence-electron chi connectivity index (χ4n) is 9.03. The lowest BCUT2D eigenvalue weighted by atomic mass is 9.85. The number of para-hydroxylation sites is 1. The predicted octanol–water partition coefficient (Wildman–Crippen LogP) is 15.4. The molecule has 7 rings (SSSR count). The number of nitrogens with zero attached hydrogens (tertiary/aromatic N) is 1. The monoisotopic (exact) mass is 743 g/mol. The van der Waals surface area contributed by atoms with E-state index in [9.17, 15) is 0 Å². The second-order valence-corrected chi connectivity index (χ2v) is 17.8. The van der Waals surface area contributed by atoms with Crippen molar-refractivity contribution in [2.45, 2.75) is 149 Å². The topological polar surface area (TPSA) is 38.8 Å². The van der Waals surface area contributed by atoms with Gasteiger partial charge in [0.25, 0.3) is 0 Å². The Morgan fingerprint density at radius 3 is 1.50 bits per heavy atom. The molecule has 0 aromatic heterocycles. The molecule has 0 unspecified atom stereocenters. The van der Waals surface area contributed by atoms with Crippen molar-refractivity contribution in [2.75, 3.05) is 4.67 Å². The highest BCUT2D eigenvalue weighted by atomic mass is 31.2. The molecule has 0 aliphatic carbocycles. The van der Waals surface area contributed by atoms with Crippen molar-refractivity contribution >= 4 is 35.0 Å². The molecule has 0 N–H and O–H groups in total. The maximum Gasteiger partial charge on any atom is 0.544 e. The Morgan fingerprint density at radius 1 is 0.574 bits per heavy atom. The van der Waals surface area contributed by atoms with Crippen LogP contribution in [0, 0.1) is 0 Å². The van der Waals surface area contributed by atoms with Crippen molar-refractivity contribution in [3.63, 3.8) is 0 Å². The Hall–Kier alpha value is -3.75. The summed E-state index contributed by atoms with van der Waals surface area (Å²) in [5.74, 6) is 1.43. The largest absolute Gasteiger partial charge is 0.544 e. The van der Waals surface area contributed by atoms with E-state index in [1.165, 1.54) is 107 Å². The van der Waals surface area contributed by atoms with E-state index in [2.05, 4.69) is 99.6 Å². The normalized spacial score (nSPS) is 15.8. The summed E-state index contributed by atoms with van der Waals surface area (Å²) in [5.41, 5.74) is 6.84. The number of fused-ring (bicyclic) bond motifs is 8. The summed E-state index contributed by atoms with van der Waals surface area (Å²) >= 11 is 0. The van der Waals surface area contributed by atoms with Crippen molar-refractivity contribution in [3.05, 3.63) is 102 Å². The van der Waals surface area contributed by atoms with Gasteiger partial charge in [-0.2, -0.15) is 0 Å². The summed E-state index contributed by atoms with van der Waals surface area (Å²) in [4.78, 5) is 0. The van der Waals surface area contributed by atoms with Crippen molar-refractivity contribution in [3.8, 4) is 22.6 Å². The van der Waals surface area contributed by atoms with E-state index in [-0.39, 0.29) is 6.04 Å². The van der Waals surface area contributed by atoms with Crippen LogP contribution in [0.25, 0.3) is 32.7 Å². The average molecular weight is 744 g/mol. The number of hydrogen-bond acceptors (Lipinski definition) is 3. The molecule has 0 spiro atoms. The van der Waals surface area contributed by atoms with E-state index in [4.69, 9.17) is 9.05 Å². The average Bonchev–Trinajstić information content (AvgIpc) is 3.46. The number of hydrogen-bond donors (Lipinski definition) is 0. The van der Waals surface area contributed by atoms with Crippen LogP contribution in [0.1, 0.15) is 140 Å². The summed E-state index contributed by atoms with van der Waals surface area (Å²) < 4.78 is 32.2. The van der Waals surface area contributed by atoms with Gasteiger partial charge in [0.1, 0.15) is 11.5 Å². The number of rotatable bonds is 19. The van der Waals surface area contributed by atoms with Gasteiger partial charge in [0.15, 0.2) is 0 Å². The molecule has 0 saturated heterocycles. The molecule has 5 aromatic carbocycles. The number of unbranched alkanes of at least 4 members (excludes halogenated alkanes) is 14. The highest BCUT2D eigenvalue weighted by Gasteiger charge is 2.48. The first kappa shape index (κ1) is 38.5. The van der Waals surface area contributed by atoms with Gasteiger partial charge in [-0.05, 0) is 72.6 Å². The SMILES string of the molecule is CCCCCCCCCCc1cc2ccccc2c2c1-c1c(CCCCCCCCCC)cc3ccccc3c1OP(=O)(N1c3ccccc3C[C@H]1C)O2. The standard InChI is InChI=1S/C49H62NO3P/c1-4-6-8-10-12-14-16-18-29-41-35-38-26-20-23-31-43(38)48-46(41)47-42(30-19-17-15-13-11-9-7-5-2)36-39-27-21-24-32-44(39)49(47)53-54(51,52-48)50-37(3)34-40-28-22-25-33-45(40)50/h20-28,31-33,35-37H,4-19,29-30,34H2,1-3H3/t37-/m1/s1. The van der Waals surface area contributed by atoms with E-state index < -0.39 is 7.75 Å². The Morgan fingerprint density at radius 2 is 1.00 bits per heavy atom. The first-order valence-electron chi connectivity index (χ1n) is 21.5. The fourth-order valence-corrected chi connectivity index (χ4v) is 11.1. The van der Waals surface area contributed by atoms with Crippen LogP contribution in [0.5, 0.6) is 11.5 Å². The van der Waals surface area contributed by atoms with Gasteiger partial charge >= 0.3 is 7.75 Å². The van der Waals surface area contributed by atoms with Crippen molar-refractivity contribution in [2.24, 2.45) is 0 Å². The first-order chi connectivity index (χ1) is 26.5. The zero-order valence-corrected chi connectivity index (χ0v) is 34.1. The van der Waals surface area contributed by atoms with Crippen LogP contribution in [0.4, 0.5) is 5.69 Å². The molecule has 1 atom stereocenters. The third-order valence-electron chi connectivity index (χ3n) is 11.9. The highest BCUT2D eigenvalue weighted by Crippen LogP contribution is 2.65. The number of anilines is 1. The summed E-state index contributed by atoms with van der Waals surface area (Å²) in [5, 5.41) is 4.24. The van der Waals surface area contributed by atoms with E-state index in [0.29, 0.717) is 11.5 Å². The van der Waals surface area contributed by atoms with Crippen LogP contribution in [-0.4, -0.2) is 6.04 Å². The van der Waals surface area contributed by atoms with E-state index in [1.54, 1.807) is 0 Å². The molecule has 0 radical (unpaired) electrons. The van der Waals surface area contributed by atoms with Crippen LogP contribution in [0.2, 0.25) is 0 Å². The van der Waals surface area contributed by atoms with Crippen molar-refractivity contribution < 1.29 is 13.6 Å². The zero-order valence-electron chi connectivity index (χ0n) is 33.2. The van der Waals surface area contributed by atoms with Crippen LogP contribution in [-0.2, 0) is 23.8 Å². The van der Waals surface area contributed by atoms with Gasteiger partial charge < -0.3 is 9.05 Å². The fraction of sp³-hybridized carbons (Fsp3) is 0.469. The molecule has 4 nitrogen and oxygen atoms in total. The molecule has 5 aromatic rings. The van der Waals surface area contributed by atoms with Crippen LogP contribution < -0.4 is 13.7 Å². The minimum absolute atomic E-state index is 0.0446. The van der Waals surface area contributed by atoms with Gasteiger partial charge in [0.2, 0.25) is 0 Å². The minimum Gasteiger partial charge on any atom is -0.399 e. The van der Waals surface area contributed by atoms with Gasteiger partial charge in [-0.25, -0.2) is 4.57 Å². The first-order valence-corrected chi connectivity index (χ1v) is 23.0. The van der Waals surface area contributed by atoms with Gasteiger partial charge in [0.05, 0.1) is 5.69 Å². The second-order valence-electron chi connectivity index (χ2n) is 16.0. The molecule has 286 valence electrons. The number of aryl methyl sites for hydroxylation is 2. The Labute approximate surface area is 325 Å². The third-order valence-corrected chi connectivity index (χ3v) is 13.8.